The number of thioether (sulfide) groups is 1. The molecule has 0 saturated heterocycles. The molecule has 1 atom stereocenters. The smallest absolute Gasteiger partial charge is 0.233 e. The van der Waals surface area contributed by atoms with Crippen LogP contribution in [0.5, 0.6) is 0 Å². The van der Waals surface area contributed by atoms with E-state index in [-0.39, 0.29) is 11.2 Å². The van der Waals surface area contributed by atoms with E-state index >= 15 is 0 Å². The molecule has 0 spiro atoms. The van der Waals surface area contributed by atoms with Gasteiger partial charge in [0.05, 0.1) is 11.8 Å². The zero-order valence-corrected chi connectivity index (χ0v) is 13.9. The van der Waals surface area contributed by atoms with E-state index in [1.54, 1.807) is 16.0 Å². The Morgan fingerprint density at radius 1 is 1.48 bits per heavy atom. The number of aromatic nitrogens is 4. The topological polar surface area (TPSA) is 72.7 Å². The number of nitrogens with zero attached hydrogens (tertiary/aromatic N) is 4. The van der Waals surface area contributed by atoms with E-state index in [1.165, 1.54) is 16.6 Å². The van der Waals surface area contributed by atoms with Gasteiger partial charge in [-0.25, -0.2) is 4.68 Å². The minimum atomic E-state index is -0.225. The Balaban J connectivity index is 1.93. The van der Waals surface area contributed by atoms with E-state index in [1.807, 2.05) is 24.4 Å². The highest BCUT2D eigenvalue weighted by molar-refractivity contribution is 8.00. The lowest BCUT2D eigenvalue weighted by atomic mass is 10.2. The van der Waals surface area contributed by atoms with Gasteiger partial charge in [0, 0.05) is 11.4 Å². The van der Waals surface area contributed by atoms with Gasteiger partial charge in [0.1, 0.15) is 0 Å². The Kier molecular flexibility index (Phi) is 5.75. The van der Waals surface area contributed by atoms with Crippen molar-refractivity contribution in [3.05, 3.63) is 22.4 Å². The molecule has 0 aliphatic carbocycles. The maximum absolute atomic E-state index is 12.0. The molecule has 1 amide bonds. The Morgan fingerprint density at radius 3 is 2.95 bits per heavy atom. The quantitative estimate of drug-likeness (QED) is 0.789. The minimum absolute atomic E-state index is 0.0133. The Labute approximate surface area is 132 Å². The second kappa shape index (κ2) is 7.56. The molecule has 1 N–H and O–H groups in total. The summed E-state index contributed by atoms with van der Waals surface area (Å²) in [6.07, 6.45) is 0. The first-order valence-electron chi connectivity index (χ1n) is 6.79. The highest BCUT2D eigenvalue weighted by Crippen LogP contribution is 2.21. The molecule has 0 fully saturated rings. The van der Waals surface area contributed by atoms with Crippen LogP contribution in [0.1, 0.15) is 25.6 Å². The number of rotatable bonds is 7. The zero-order valence-electron chi connectivity index (χ0n) is 12.3. The maximum Gasteiger partial charge on any atom is 0.233 e. The fourth-order valence-corrected chi connectivity index (χ4v) is 3.09. The van der Waals surface area contributed by atoms with Crippen LogP contribution in [-0.2, 0) is 11.3 Å². The minimum Gasteiger partial charge on any atom is -0.355 e. The molecular weight excluding hydrogens is 306 g/mol. The van der Waals surface area contributed by atoms with Crippen molar-refractivity contribution in [1.82, 2.24) is 25.5 Å². The first kappa shape index (κ1) is 16.0. The van der Waals surface area contributed by atoms with E-state index in [0.29, 0.717) is 24.2 Å². The van der Waals surface area contributed by atoms with Crippen molar-refractivity contribution in [2.45, 2.75) is 37.7 Å². The summed E-state index contributed by atoms with van der Waals surface area (Å²) < 4.78 is 1.72. The van der Waals surface area contributed by atoms with Gasteiger partial charge >= 0.3 is 0 Å². The maximum atomic E-state index is 12.0. The third kappa shape index (κ3) is 4.82. The number of tetrazole rings is 1. The number of amides is 1. The van der Waals surface area contributed by atoms with Gasteiger partial charge in [-0.15, -0.1) is 16.4 Å². The van der Waals surface area contributed by atoms with E-state index in [2.05, 4.69) is 34.7 Å². The summed E-state index contributed by atoms with van der Waals surface area (Å²) in [5.74, 6) is 0.453. The second-order valence-corrected chi connectivity index (χ2v) is 7.44. The van der Waals surface area contributed by atoms with E-state index in [0.717, 1.165) is 0 Å². The van der Waals surface area contributed by atoms with Crippen LogP contribution in [-0.4, -0.2) is 37.9 Å². The van der Waals surface area contributed by atoms with Gasteiger partial charge in [-0.3, -0.25) is 4.79 Å². The monoisotopic (exact) mass is 325 g/mol. The normalized spacial score (nSPS) is 12.6. The molecule has 0 bridgehead atoms. The highest BCUT2D eigenvalue weighted by Gasteiger charge is 2.18. The van der Waals surface area contributed by atoms with Gasteiger partial charge in [0.2, 0.25) is 11.1 Å². The highest BCUT2D eigenvalue weighted by atomic mass is 32.2. The SMILES string of the molecule is CC(C)CNC(=O)C(C)Sc1nnnn1Cc1cccs1. The van der Waals surface area contributed by atoms with Crippen molar-refractivity contribution < 1.29 is 4.79 Å². The van der Waals surface area contributed by atoms with E-state index in [4.69, 9.17) is 0 Å². The van der Waals surface area contributed by atoms with E-state index < -0.39 is 0 Å². The Bertz CT molecular complexity index is 567. The van der Waals surface area contributed by atoms with Crippen LogP contribution in [0.15, 0.2) is 22.7 Å². The van der Waals surface area contributed by atoms with Crippen molar-refractivity contribution in [2.24, 2.45) is 5.92 Å². The lowest BCUT2D eigenvalue weighted by molar-refractivity contribution is -0.120. The summed E-state index contributed by atoms with van der Waals surface area (Å²) in [6.45, 7) is 7.32. The average Bonchev–Trinajstić information content (AvgIpc) is 3.09. The Hall–Kier alpha value is -1.41. The van der Waals surface area contributed by atoms with Gasteiger partial charge in [0.25, 0.3) is 0 Å². The van der Waals surface area contributed by atoms with Crippen molar-refractivity contribution in [3.8, 4) is 0 Å². The molecule has 2 aromatic rings. The second-order valence-electron chi connectivity index (χ2n) is 5.10. The number of hydrogen-bond acceptors (Lipinski definition) is 6. The molecule has 21 heavy (non-hydrogen) atoms. The van der Waals surface area contributed by atoms with Crippen LogP contribution in [0.25, 0.3) is 0 Å². The van der Waals surface area contributed by atoms with Crippen LogP contribution in [0.3, 0.4) is 0 Å². The summed E-state index contributed by atoms with van der Waals surface area (Å²) in [6, 6.07) is 4.04. The van der Waals surface area contributed by atoms with E-state index in [9.17, 15) is 4.79 Å². The van der Waals surface area contributed by atoms with Crippen molar-refractivity contribution in [3.63, 3.8) is 0 Å². The number of nitrogens with one attached hydrogen (secondary N) is 1. The van der Waals surface area contributed by atoms with Crippen molar-refractivity contribution in [2.75, 3.05) is 6.54 Å². The largest absolute Gasteiger partial charge is 0.355 e. The lowest BCUT2D eigenvalue weighted by Gasteiger charge is -2.12. The summed E-state index contributed by atoms with van der Waals surface area (Å²) in [5, 5.41) is 17.1. The summed E-state index contributed by atoms with van der Waals surface area (Å²) in [5.41, 5.74) is 0. The van der Waals surface area contributed by atoms with Crippen LogP contribution < -0.4 is 5.32 Å². The molecule has 2 heterocycles. The number of carbonyl (C=O) groups excluding carboxylic acids is 1. The summed E-state index contributed by atoms with van der Waals surface area (Å²) in [4.78, 5) is 13.2. The predicted molar refractivity (Wildman–Crippen MR) is 84.4 cm³/mol. The standard InChI is InChI=1S/C13H19N5OS2/c1-9(2)7-14-12(19)10(3)21-13-15-16-17-18(13)8-11-5-4-6-20-11/h4-6,9-10H,7-8H2,1-3H3,(H,14,19). The molecule has 0 aromatic carbocycles. The zero-order chi connectivity index (χ0) is 15.2. The molecule has 114 valence electrons. The van der Waals surface area contributed by atoms with Gasteiger partial charge in [-0.05, 0) is 34.7 Å². The van der Waals surface area contributed by atoms with Crippen molar-refractivity contribution >= 4 is 29.0 Å². The fraction of sp³-hybridized carbons (Fsp3) is 0.538. The first-order valence-corrected chi connectivity index (χ1v) is 8.55. The molecular formula is C13H19N5OS2. The molecule has 0 saturated carbocycles. The van der Waals surface area contributed by atoms with Gasteiger partial charge in [-0.2, -0.15) is 0 Å². The molecule has 0 aliphatic heterocycles. The van der Waals surface area contributed by atoms with Crippen LogP contribution in [0.2, 0.25) is 0 Å². The third-order valence-corrected chi connectivity index (χ3v) is 4.65. The molecule has 8 heteroatoms. The first-order chi connectivity index (χ1) is 10.1. The van der Waals surface area contributed by atoms with Crippen LogP contribution in [0, 0.1) is 5.92 Å². The molecule has 6 nitrogen and oxygen atoms in total. The van der Waals surface area contributed by atoms with Gasteiger partial charge < -0.3 is 5.32 Å². The lowest BCUT2D eigenvalue weighted by Crippen LogP contribution is -2.33. The molecule has 2 rings (SSSR count). The van der Waals surface area contributed by atoms with Crippen LogP contribution in [0.4, 0.5) is 0 Å². The predicted octanol–water partition coefficient (Wildman–Crippen LogP) is 2.04. The summed E-state index contributed by atoms with van der Waals surface area (Å²) >= 11 is 3.04. The Morgan fingerprint density at radius 2 is 2.29 bits per heavy atom. The molecule has 0 radical (unpaired) electrons. The fourth-order valence-electron chi connectivity index (χ4n) is 1.59. The van der Waals surface area contributed by atoms with Gasteiger partial charge in [-0.1, -0.05) is 31.7 Å². The number of carbonyl (C=O) groups is 1. The number of thiophene rings is 1. The van der Waals surface area contributed by atoms with Crippen LogP contribution >= 0.6 is 23.1 Å². The molecule has 1 unspecified atom stereocenters. The third-order valence-electron chi connectivity index (χ3n) is 2.72. The molecule has 2 aromatic heterocycles. The van der Waals surface area contributed by atoms with Crippen molar-refractivity contribution in [1.29, 1.82) is 0 Å². The summed E-state index contributed by atoms with van der Waals surface area (Å²) in [7, 11) is 0. The van der Waals surface area contributed by atoms with Gasteiger partial charge in [0.15, 0.2) is 0 Å². The average molecular weight is 325 g/mol. The molecule has 0 aliphatic rings. The number of hydrogen-bond donors (Lipinski definition) is 1.